The van der Waals surface area contributed by atoms with E-state index in [9.17, 15) is 13.2 Å². The fourth-order valence-corrected chi connectivity index (χ4v) is 5.28. The Bertz CT molecular complexity index is 1500. The van der Waals surface area contributed by atoms with Crippen molar-refractivity contribution >= 4 is 26.8 Å². The van der Waals surface area contributed by atoms with Gasteiger partial charge in [-0.15, -0.1) is 0 Å². The van der Waals surface area contributed by atoms with Crippen LogP contribution in [0.3, 0.4) is 0 Å². The maximum atomic E-state index is 12.4. The summed E-state index contributed by atoms with van der Waals surface area (Å²) in [6.07, 6.45) is 3.78. The number of nitrogens with one attached hydrogen (secondary N) is 1. The number of carbonyl (C=O) groups is 1. The standard InChI is InChI=1S/C26H26N4O4S/c1-16-11-13-30(17(2)31)25(16)20-14-22-23(29-26(28-22)21-6-4-5-12-27-21)15-24(20)34-18-7-9-19(10-8-18)35(3,32)33/h4-10,12,14-16,25H,11,13H2,1-3H3,(H,28,29). The Morgan fingerprint density at radius 1 is 1.14 bits per heavy atom. The van der Waals surface area contributed by atoms with Gasteiger partial charge < -0.3 is 14.6 Å². The third-order valence-corrected chi connectivity index (χ3v) is 7.55. The number of nitrogens with zero attached hydrogens (tertiary/aromatic N) is 3. The largest absolute Gasteiger partial charge is 0.457 e. The van der Waals surface area contributed by atoms with Crippen LogP contribution in [-0.4, -0.2) is 47.0 Å². The maximum Gasteiger partial charge on any atom is 0.219 e. The molecule has 8 nitrogen and oxygen atoms in total. The molecule has 0 bridgehead atoms. The summed E-state index contributed by atoms with van der Waals surface area (Å²) in [6, 6.07) is 15.7. The topological polar surface area (TPSA) is 105 Å². The van der Waals surface area contributed by atoms with Crippen LogP contribution < -0.4 is 4.74 Å². The van der Waals surface area contributed by atoms with Crippen molar-refractivity contribution in [2.45, 2.75) is 31.2 Å². The lowest BCUT2D eigenvalue weighted by Crippen LogP contribution is -2.29. The number of imidazole rings is 1. The molecule has 0 spiro atoms. The first-order chi connectivity index (χ1) is 16.7. The number of likely N-dealkylation sites (tertiary alicyclic amines) is 1. The molecule has 4 aromatic rings. The first kappa shape index (κ1) is 23.0. The molecule has 9 heteroatoms. The maximum absolute atomic E-state index is 12.4. The Morgan fingerprint density at radius 3 is 2.57 bits per heavy atom. The highest BCUT2D eigenvalue weighted by Crippen LogP contribution is 2.43. The number of aromatic amines is 1. The van der Waals surface area contributed by atoms with Crippen LogP contribution in [0.25, 0.3) is 22.6 Å². The Labute approximate surface area is 203 Å². The number of H-pyrrole nitrogens is 1. The lowest BCUT2D eigenvalue weighted by Gasteiger charge is -2.28. The number of pyridine rings is 1. The van der Waals surface area contributed by atoms with E-state index in [1.54, 1.807) is 25.3 Å². The van der Waals surface area contributed by atoms with Crippen LogP contribution in [-0.2, 0) is 14.6 Å². The van der Waals surface area contributed by atoms with E-state index in [4.69, 9.17) is 9.72 Å². The Kier molecular flexibility index (Phi) is 5.80. The van der Waals surface area contributed by atoms with Gasteiger partial charge in [0.2, 0.25) is 5.91 Å². The van der Waals surface area contributed by atoms with E-state index in [2.05, 4.69) is 16.9 Å². The number of hydrogen-bond acceptors (Lipinski definition) is 6. The third-order valence-electron chi connectivity index (χ3n) is 6.42. The fourth-order valence-electron chi connectivity index (χ4n) is 4.65. The van der Waals surface area contributed by atoms with E-state index in [0.29, 0.717) is 23.9 Å². The zero-order valence-corrected chi connectivity index (χ0v) is 20.5. The van der Waals surface area contributed by atoms with Gasteiger partial charge >= 0.3 is 0 Å². The molecule has 2 aromatic carbocycles. The predicted molar refractivity (Wildman–Crippen MR) is 133 cm³/mol. The number of benzene rings is 2. The SMILES string of the molecule is CC(=O)N1CCC(C)C1c1cc2nc(-c3ccccn3)[nH]c2cc1Oc1ccc(S(C)(=O)=O)cc1. The summed E-state index contributed by atoms with van der Waals surface area (Å²) >= 11 is 0. The fraction of sp³-hybridized carbons (Fsp3) is 0.269. The minimum atomic E-state index is -3.31. The van der Waals surface area contributed by atoms with Crippen LogP contribution in [0.15, 0.2) is 65.7 Å². The van der Waals surface area contributed by atoms with Crippen molar-refractivity contribution in [1.82, 2.24) is 19.9 Å². The minimum Gasteiger partial charge on any atom is -0.457 e. The van der Waals surface area contributed by atoms with Crippen molar-refractivity contribution in [3.63, 3.8) is 0 Å². The molecule has 5 rings (SSSR count). The zero-order chi connectivity index (χ0) is 24.7. The summed E-state index contributed by atoms with van der Waals surface area (Å²) in [5, 5.41) is 0. The number of aromatic nitrogens is 3. The van der Waals surface area contributed by atoms with Gasteiger partial charge in [0.1, 0.15) is 17.2 Å². The van der Waals surface area contributed by atoms with Gasteiger partial charge in [-0.05, 0) is 54.8 Å². The average molecular weight is 491 g/mol. The van der Waals surface area contributed by atoms with Crippen molar-refractivity contribution in [3.05, 3.63) is 66.4 Å². The highest BCUT2D eigenvalue weighted by Gasteiger charge is 2.36. The summed E-state index contributed by atoms with van der Waals surface area (Å²) in [5.41, 5.74) is 3.12. The molecular weight excluding hydrogens is 464 g/mol. The molecule has 35 heavy (non-hydrogen) atoms. The van der Waals surface area contributed by atoms with E-state index >= 15 is 0 Å². The summed E-state index contributed by atoms with van der Waals surface area (Å²) in [5.74, 6) is 1.98. The van der Waals surface area contributed by atoms with Crippen LogP contribution >= 0.6 is 0 Å². The van der Waals surface area contributed by atoms with E-state index in [1.807, 2.05) is 35.2 Å². The van der Waals surface area contributed by atoms with Crippen molar-refractivity contribution < 1.29 is 17.9 Å². The second-order valence-electron chi connectivity index (χ2n) is 8.98. The number of hydrogen-bond donors (Lipinski definition) is 1. The quantitative estimate of drug-likeness (QED) is 0.433. The van der Waals surface area contributed by atoms with E-state index in [0.717, 1.165) is 28.7 Å². The number of rotatable bonds is 5. The number of carbonyl (C=O) groups excluding carboxylic acids is 1. The number of ether oxygens (including phenoxy) is 1. The molecule has 1 saturated heterocycles. The highest BCUT2D eigenvalue weighted by atomic mass is 32.2. The average Bonchev–Trinajstić information content (AvgIpc) is 3.42. The minimum absolute atomic E-state index is 0.0131. The third kappa shape index (κ3) is 4.51. The van der Waals surface area contributed by atoms with Crippen molar-refractivity contribution in [3.8, 4) is 23.0 Å². The monoisotopic (exact) mass is 490 g/mol. The summed E-state index contributed by atoms with van der Waals surface area (Å²) in [4.78, 5) is 27.0. The molecule has 2 aromatic heterocycles. The van der Waals surface area contributed by atoms with Gasteiger partial charge in [-0.2, -0.15) is 0 Å². The lowest BCUT2D eigenvalue weighted by molar-refractivity contribution is -0.130. The van der Waals surface area contributed by atoms with Crippen LogP contribution in [0, 0.1) is 5.92 Å². The van der Waals surface area contributed by atoms with Crippen LogP contribution in [0.1, 0.15) is 31.9 Å². The van der Waals surface area contributed by atoms with Crippen LogP contribution in [0.4, 0.5) is 0 Å². The molecule has 1 fully saturated rings. The molecule has 1 amide bonds. The second-order valence-corrected chi connectivity index (χ2v) is 11.0. The van der Waals surface area contributed by atoms with E-state index in [-0.39, 0.29) is 22.8 Å². The van der Waals surface area contributed by atoms with Gasteiger partial charge in [-0.3, -0.25) is 9.78 Å². The molecule has 1 aliphatic rings. The van der Waals surface area contributed by atoms with Crippen molar-refractivity contribution in [2.24, 2.45) is 5.92 Å². The van der Waals surface area contributed by atoms with Crippen molar-refractivity contribution in [1.29, 1.82) is 0 Å². The Balaban J connectivity index is 1.62. The van der Waals surface area contributed by atoms with Gasteiger partial charge in [-0.25, -0.2) is 13.4 Å². The number of amides is 1. The lowest BCUT2D eigenvalue weighted by atomic mass is 9.94. The number of fused-ring (bicyclic) bond motifs is 1. The van der Waals surface area contributed by atoms with E-state index < -0.39 is 9.84 Å². The molecule has 180 valence electrons. The molecule has 2 unspecified atom stereocenters. The first-order valence-electron chi connectivity index (χ1n) is 11.4. The van der Waals surface area contributed by atoms with Gasteiger partial charge in [0.15, 0.2) is 15.7 Å². The van der Waals surface area contributed by atoms with Crippen LogP contribution in [0.2, 0.25) is 0 Å². The zero-order valence-electron chi connectivity index (χ0n) is 19.7. The van der Waals surface area contributed by atoms with E-state index in [1.165, 1.54) is 18.4 Å². The highest BCUT2D eigenvalue weighted by molar-refractivity contribution is 7.90. The first-order valence-corrected chi connectivity index (χ1v) is 13.3. The van der Waals surface area contributed by atoms with Gasteiger partial charge in [0.25, 0.3) is 0 Å². The summed E-state index contributed by atoms with van der Waals surface area (Å²) < 4.78 is 30.0. The molecule has 2 atom stereocenters. The molecule has 1 N–H and O–H groups in total. The van der Waals surface area contributed by atoms with Gasteiger partial charge in [-0.1, -0.05) is 13.0 Å². The van der Waals surface area contributed by atoms with Crippen LogP contribution in [0.5, 0.6) is 11.5 Å². The van der Waals surface area contributed by atoms with Gasteiger partial charge in [0.05, 0.1) is 22.0 Å². The molecule has 0 radical (unpaired) electrons. The van der Waals surface area contributed by atoms with Crippen molar-refractivity contribution in [2.75, 3.05) is 12.8 Å². The Hall–Kier alpha value is -3.72. The number of sulfone groups is 1. The Morgan fingerprint density at radius 2 is 1.91 bits per heavy atom. The smallest absolute Gasteiger partial charge is 0.219 e. The molecular formula is C26H26N4O4S. The molecule has 0 saturated carbocycles. The predicted octanol–water partition coefficient (Wildman–Crippen LogP) is 4.75. The summed E-state index contributed by atoms with van der Waals surface area (Å²) in [7, 11) is -3.31. The molecule has 3 heterocycles. The second kappa shape index (κ2) is 8.81. The normalized spacial score (nSPS) is 18.2. The summed E-state index contributed by atoms with van der Waals surface area (Å²) in [6.45, 7) is 4.40. The molecule has 1 aliphatic heterocycles. The molecule has 0 aliphatic carbocycles. The van der Waals surface area contributed by atoms with Gasteiger partial charge in [0, 0.05) is 37.6 Å².